The van der Waals surface area contributed by atoms with Crippen LogP contribution in [0.1, 0.15) is 29.8 Å². The van der Waals surface area contributed by atoms with Crippen LogP contribution >= 0.6 is 23.2 Å². The lowest BCUT2D eigenvalue weighted by molar-refractivity contribution is -0.122. The molecular formula is C20H21Cl2NO5. The Morgan fingerprint density at radius 1 is 1.14 bits per heavy atom. The lowest BCUT2D eigenvalue weighted by atomic mass is 10.1. The summed E-state index contributed by atoms with van der Waals surface area (Å²) in [6, 6.07) is 7.99. The number of hydrogen-bond donors (Lipinski definition) is 1. The third kappa shape index (κ3) is 5.30. The van der Waals surface area contributed by atoms with Gasteiger partial charge in [-0.05, 0) is 50.6 Å². The summed E-state index contributed by atoms with van der Waals surface area (Å²) in [4.78, 5) is 24.5. The third-order valence-corrected chi connectivity index (χ3v) is 4.59. The highest BCUT2D eigenvalue weighted by Gasteiger charge is 2.20. The lowest BCUT2D eigenvalue weighted by Crippen LogP contribution is -2.30. The average molecular weight is 426 g/mol. The highest BCUT2D eigenvalue weighted by atomic mass is 35.5. The third-order valence-electron chi connectivity index (χ3n) is 3.85. The number of carbonyl (C=O) groups is 2. The van der Waals surface area contributed by atoms with E-state index in [1.165, 1.54) is 19.2 Å². The summed E-state index contributed by atoms with van der Waals surface area (Å²) in [6.45, 7) is 5.37. The molecule has 1 unspecified atom stereocenters. The predicted molar refractivity (Wildman–Crippen MR) is 109 cm³/mol. The van der Waals surface area contributed by atoms with Crippen molar-refractivity contribution < 1.29 is 23.8 Å². The SMILES string of the molecule is CCOC(=O)c1cc(Cl)c(NC(=O)C(C)Oc2ccc(Cl)c(C)c2)cc1OC. The molecule has 0 heterocycles. The maximum atomic E-state index is 12.5. The van der Waals surface area contributed by atoms with Gasteiger partial charge >= 0.3 is 5.97 Å². The van der Waals surface area contributed by atoms with Gasteiger partial charge < -0.3 is 19.5 Å². The maximum Gasteiger partial charge on any atom is 0.341 e. The van der Waals surface area contributed by atoms with Crippen LogP contribution in [0.2, 0.25) is 10.0 Å². The van der Waals surface area contributed by atoms with Crippen LogP contribution < -0.4 is 14.8 Å². The van der Waals surface area contributed by atoms with Crippen molar-refractivity contribution in [1.82, 2.24) is 0 Å². The van der Waals surface area contributed by atoms with Crippen molar-refractivity contribution in [3.8, 4) is 11.5 Å². The Kier molecular flexibility index (Phi) is 7.54. The van der Waals surface area contributed by atoms with Crippen molar-refractivity contribution in [2.75, 3.05) is 19.0 Å². The Morgan fingerprint density at radius 3 is 2.46 bits per heavy atom. The van der Waals surface area contributed by atoms with Gasteiger partial charge in [0.1, 0.15) is 17.1 Å². The van der Waals surface area contributed by atoms with Gasteiger partial charge in [0.2, 0.25) is 0 Å². The standard InChI is InChI=1S/C20H21Cl2NO5/c1-5-27-20(25)14-9-16(22)17(10-18(14)26-4)23-19(24)12(3)28-13-6-7-15(21)11(2)8-13/h6-10,12H,5H2,1-4H3,(H,23,24). The summed E-state index contributed by atoms with van der Waals surface area (Å²) in [7, 11) is 1.41. The normalized spacial score (nSPS) is 11.5. The molecule has 0 aliphatic rings. The highest BCUT2D eigenvalue weighted by Crippen LogP contribution is 2.32. The summed E-state index contributed by atoms with van der Waals surface area (Å²) in [5, 5.41) is 3.46. The summed E-state index contributed by atoms with van der Waals surface area (Å²) in [5.41, 5.74) is 1.31. The van der Waals surface area contributed by atoms with Crippen molar-refractivity contribution in [2.45, 2.75) is 26.9 Å². The summed E-state index contributed by atoms with van der Waals surface area (Å²) in [6.07, 6.45) is -0.799. The van der Waals surface area contributed by atoms with Gasteiger partial charge in [-0.15, -0.1) is 0 Å². The topological polar surface area (TPSA) is 73.9 Å². The zero-order chi connectivity index (χ0) is 20.8. The van der Waals surface area contributed by atoms with Gasteiger partial charge in [-0.3, -0.25) is 4.79 Å². The van der Waals surface area contributed by atoms with Crippen LogP contribution in [0, 0.1) is 6.92 Å². The van der Waals surface area contributed by atoms with Gasteiger partial charge in [-0.25, -0.2) is 4.79 Å². The molecule has 0 radical (unpaired) electrons. The van der Waals surface area contributed by atoms with Gasteiger partial charge in [-0.2, -0.15) is 0 Å². The van der Waals surface area contributed by atoms with Crippen LogP contribution in [0.5, 0.6) is 11.5 Å². The largest absolute Gasteiger partial charge is 0.496 e. The first kappa shape index (κ1) is 21.9. The average Bonchev–Trinajstić information content (AvgIpc) is 2.66. The number of benzene rings is 2. The number of methoxy groups -OCH3 is 1. The summed E-state index contributed by atoms with van der Waals surface area (Å²) in [5.74, 6) is -0.222. The molecule has 0 spiro atoms. The maximum absolute atomic E-state index is 12.5. The van der Waals surface area contributed by atoms with E-state index in [0.717, 1.165) is 5.56 Å². The fraction of sp³-hybridized carbons (Fsp3) is 0.300. The second kappa shape index (κ2) is 9.66. The van der Waals surface area contributed by atoms with Crippen LogP contribution in [0.25, 0.3) is 0 Å². The number of hydrogen-bond acceptors (Lipinski definition) is 5. The van der Waals surface area contributed by atoms with E-state index in [-0.39, 0.29) is 22.9 Å². The molecule has 0 aliphatic heterocycles. The number of rotatable bonds is 7. The first-order chi connectivity index (χ1) is 13.3. The van der Waals surface area contributed by atoms with Crippen LogP contribution in [0.4, 0.5) is 5.69 Å². The molecule has 0 saturated heterocycles. The number of anilines is 1. The van der Waals surface area contributed by atoms with E-state index < -0.39 is 18.0 Å². The Balaban J connectivity index is 2.15. The van der Waals surface area contributed by atoms with E-state index in [4.69, 9.17) is 37.4 Å². The van der Waals surface area contributed by atoms with Gasteiger partial charge in [0, 0.05) is 11.1 Å². The van der Waals surface area contributed by atoms with E-state index >= 15 is 0 Å². The number of halogens is 2. The monoisotopic (exact) mass is 425 g/mol. The van der Waals surface area contributed by atoms with Crippen molar-refractivity contribution >= 4 is 40.8 Å². The van der Waals surface area contributed by atoms with Crippen LogP contribution in [-0.2, 0) is 9.53 Å². The molecule has 1 atom stereocenters. The van der Waals surface area contributed by atoms with E-state index in [0.29, 0.717) is 16.5 Å². The van der Waals surface area contributed by atoms with E-state index in [1.807, 2.05) is 6.92 Å². The molecule has 28 heavy (non-hydrogen) atoms. The fourth-order valence-electron chi connectivity index (χ4n) is 2.37. The fourth-order valence-corrected chi connectivity index (χ4v) is 2.70. The van der Waals surface area contributed by atoms with Gasteiger partial charge in [-0.1, -0.05) is 23.2 Å². The van der Waals surface area contributed by atoms with Crippen LogP contribution in [-0.4, -0.2) is 31.7 Å². The Hall–Kier alpha value is -2.44. The van der Waals surface area contributed by atoms with Crippen molar-refractivity contribution in [3.05, 3.63) is 51.5 Å². The Bertz CT molecular complexity index is 885. The predicted octanol–water partition coefficient (Wildman–Crippen LogP) is 4.89. The minimum atomic E-state index is -0.799. The molecular weight excluding hydrogens is 405 g/mol. The molecule has 150 valence electrons. The number of nitrogens with one attached hydrogen (secondary N) is 1. The van der Waals surface area contributed by atoms with Crippen molar-refractivity contribution in [2.24, 2.45) is 0 Å². The molecule has 0 fully saturated rings. The minimum absolute atomic E-state index is 0.173. The first-order valence-corrected chi connectivity index (χ1v) is 9.30. The number of aryl methyl sites for hydroxylation is 1. The zero-order valence-corrected chi connectivity index (χ0v) is 17.5. The number of carbonyl (C=O) groups excluding carboxylic acids is 2. The van der Waals surface area contributed by atoms with E-state index in [2.05, 4.69) is 5.32 Å². The first-order valence-electron chi connectivity index (χ1n) is 8.55. The van der Waals surface area contributed by atoms with E-state index in [9.17, 15) is 9.59 Å². The summed E-state index contributed by atoms with van der Waals surface area (Å²) >= 11 is 12.2. The molecule has 8 heteroatoms. The molecule has 1 amide bonds. The lowest BCUT2D eigenvalue weighted by Gasteiger charge is -2.17. The quantitative estimate of drug-likeness (QED) is 0.638. The summed E-state index contributed by atoms with van der Waals surface area (Å²) < 4.78 is 15.8. The number of amides is 1. The molecule has 2 rings (SSSR count). The number of esters is 1. The molecule has 2 aromatic carbocycles. The Morgan fingerprint density at radius 2 is 1.86 bits per heavy atom. The van der Waals surface area contributed by atoms with Crippen LogP contribution in [0.3, 0.4) is 0 Å². The zero-order valence-electron chi connectivity index (χ0n) is 16.0. The molecule has 0 aliphatic carbocycles. The second-order valence-corrected chi connectivity index (χ2v) is 6.73. The molecule has 2 aromatic rings. The highest BCUT2D eigenvalue weighted by molar-refractivity contribution is 6.34. The second-order valence-electron chi connectivity index (χ2n) is 5.91. The van der Waals surface area contributed by atoms with Crippen LogP contribution in [0.15, 0.2) is 30.3 Å². The smallest absolute Gasteiger partial charge is 0.341 e. The molecule has 0 aromatic heterocycles. The molecule has 1 N–H and O–H groups in total. The van der Waals surface area contributed by atoms with Crippen molar-refractivity contribution in [3.63, 3.8) is 0 Å². The van der Waals surface area contributed by atoms with Gasteiger partial charge in [0.25, 0.3) is 5.91 Å². The number of ether oxygens (including phenoxy) is 3. The molecule has 0 bridgehead atoms. The van der Waals surface area contributed by atoms with Gasteiger partial charge in [0.05, 0.1) is 24.4 Å². The Labute approximate surface area is 173 Å². The van der Waals surface area contributed by atoms with Crippen molar-refractivity contribution in [1.29, 1.82) is 0 Å². The minimum Gasteiger partial charge on any atom is -0.496 e. The van der Waals surface area contributed by atoms with Gasteiger partial charge in [0.15, 0.2) is 6.10 Å². The van der Waals surface area contributed by atoms with E-state index in [1.54, 1.807) is 32.0 Å². The molecule has 0 saturated carbocycles. The molecule has 6 nitrogen and oxygen atoms in total.